The Labute approximate surface area is 393 Å². The summed E-state index contributed by atoms with van der Waals surface area (Å²) < 4.78 is 0. The van der Waals surface area contributed by atoms with Crippen LogP contribution in [0.1, 0.15) is 22.3 Å². The predicted octanol–water partition coefficient (Wildman–Crippen LogP) is 13.7. The summed E-state index contributed by atoms with van der Waals surface area (Å²) in [6.07, 6.45) is 0. The zero-order chi connectivity index (χ0) is 44.4. The Morgan fingerprint density at radius 2 is 0.821 bits per heavy atom. The monoisotopic (exact) mass is 867 g/mol. The van der Waals surface area contributed by atoms with Crippen molar-refractivity contribution in [1.29, 1.82) is 0 Å². The van der Waals surface area contributed by atoms with Crippen LogP contribution in [-0.4, -0.2) is 8.07 Å². The molecular weight excluding hydrogens is 823 g/mol. The first-order valence-corrected chi connectivity index (χ1v) is 25.3. The van der Waals surface area contributed by atoms with Gasteiger partial charge in [-0.1, -0.05) is 237 Å². The fourth-order valence-electron chi connectivity index (χ4n) is 11.8. The van der Waals surface area contributed by atoms with Crippen molar-refractivity contribution in [1.82, 2.24) is 0 Å². The van der Waals surface area contributed by atoms with E-state index in [1.54, 1.807) is 0 Å². The summed E-state index contributed by atoms with van der Waals surface area (Å²) in [6, 6.07) is 102. The molecule has 0 spiro atoms. The average Bonchev–Trinajstić information content (AvgIpc) is 3.88. The van der Waals surface area contributed by atoms with Gasteiger partial charge in [0.15, 0.2) is 8.07 Å². The van der Waals surface area contributed by atoms with Crippen molar-refractivity contribution in [3.63, 3.8) is 0 Å². The molecule has 0 saturated heterocycles. The summed E-state index contributed by atoms with van der Waals surface area (Å²) in [5.41, 5.74) is 15.6. The number of benzene rings is 11. The van der Waals surface area contributed by atoms with Crippen molar-refractivity contribution in [2.45, 2.75) is 5.41 Å². The SMILES string of the molecule is c1ccc(-c2ccc3c(c2)[Si](c2ccccc2)(c2cccc(N(c4ccc5c(c4)C(c4ccccc4)(c4ccccc4)c4ccccc4-5)c4ccc5ccccc5c4)c2)c2ccccc2-3)cc1. The highest BCUT2D eigenvalue weighted by molar-refractivity contribution is 7.22. The van der Waals surface area contributed by atoms with Crippen LogP contribution < -0.4 is 25.6 Å². The lowest BCUT2D eigenvalue weighted by molar-refractivity contribution is 0.768. The van der Waals surface area contributed by atoms with Gasteiger partial charge in [-0.2, -0.15) is 0 Å². The van der Waals surface area contributed by atoms with Crippen molar-refractivity contribution in [2.75, 3.05) is 4.90 Å². The fraction of sp³-hybridized carbons (Fsp3) is 0.0154. The summed E-state index contributed by atoms with van der Waals surface area (Å²) in [4.78, 5) is 2.51. The van der Waals surface area contributed by atoms with Crippen molar-refractivity contribution < 1.29 is 0 Å². The molecule has 0 amide bonds. The first-order chi connectivity index (χ1) is 33.2. The number of anilines is 3. The van der Waals surface area contributed by atoms with Gasteiger partial charge in [0, 0.05) is 17.1 Å². The number of hydrogen-bond acceptors (Lipinski definition) is 1. The Morgan fingerprint density at radius 3 is 1.58 bits per heavy atom. The Balaban J connectivity index is 1.08. The first kappa shape index (κ1) is 39.1. The van der Waals surface area contributed by atoms with Gasteiger partial charge in [-0.3, -0.25) is 0 Å². The molecule has 0 fully saturated rings. The van der Waals surface area contributed by atoms with E-state index in [1.807, 2.05) is 0 Å². The largest absolute Gasteiger partial charge is 0.310 e. The van der Waals surface area contributed by atoms with Crippen molar-refractivity contribution >= 4 is 56.7 Å². The molecule has 0 bridgehead atoms. The predicted molar refractivity (Wildman–Crippen MR) is 284 cm³/mol. The van der Waals surface area contributed by atoms with Gasteiger partial charge < -0.3 is 4.90 Å². The smallest absolute Gasteiger partial charge is 0.180 e. The minimum Gasteiger partial charge on any atom is -0.310 e. The van der Waals surface area contributed by atoms with E-state index in [0.29, 0.717) is 0 Å². The van der Waals surface area contributed by atoms with Crippen LogP contribution in [0.25, 0.3) is 44.2 Å². The van der Waals surface area contributed by atoms with Crippen molar-refractivity contribution in [2.24, 2.45) is 0 Å². The second-order valence-electron chi connectivity index (χ2n) is 18.0. The molecule has 1 unspecified atom stereocenters. The Bertz CT molecular complexity index is 3600. The summed E-state index contributed by atoms with van der Waals surface area (Å²) >= 11 is 0. The molecule has 2 aliphatic rings. The molecule has 11 aromatic rings. The standard InChI is InChI=1S/C65H45NSi/c1-5-20-46(21-6-1)49-37-40-60-59-33-16-18-35-63(59)67(64(60)43-49,55-29-11-4-12-30-55)56-31-19-28-52(44-56)66(53-38-36-47-22-13-14-23-48(47)42-53)54-39-41-58-57-32-15-17-34-61(57)65(62(58)45-54,50-24-7-2-8-25-50)51-26-9-3-10-27-51/h1-45H. The molecule has 2 heteroatoms. The average molecular weight is 868 g/mol. The lowest BCUT2D eigenvalue weighted by Crippen LogP contribution is -2.72. The Morgan fingerprint density at radius 1 is 0.284 bits per heavy atom. The third-order valence-electron chi connectivity index (χ3n) is 14.6. The lowest BCUT2D eigenvalue weighted by atomic mass is 9.67. The van der Waals surface area contributed by atoms with Gasteiger partial charge in [0.25, 0.3) is 0 Å². The molecule has 0 radical (unpaired) electrons. The highest BCUT2D eigenvalue weighted by Crippen LogP contribution is 2.57. The summed E-state index contributed by atoms with van der Waals surface area (Å²) in [5, 5.41) is 8.03. The molecule has 1 atom stereocenters. The minimum absolute atomic E-state index is 0.528. The first-order valence-electron chi connectivity index (χ1n) is 23.3. The van der Waals surface area contributed by atoms with E-state index in [9.17, 15) is 0 Å². The van der Waals surface area contributed by atoms with Gasteiger partial charge in [-0.15, -0.1) is 0 Å². The zero-order valence-electron chi connectivity index (χ0n) is 36.9. The Kier molecular flexibility index (Phi) is 9.16. The third kappa shape index (κ3) is 5.93. The highest BCUT2D eigenvalue weighted by Gasteiger charge is 2.49. The molecule has 67 heavy (non-hydrogen) atoms. The maximum Gasteiger partial charge on any atom is 0.180 e. The number of hydrogen-bond donors (Lipinski definition) is 0. The number of rotatable bonds is 8. The lowest BCUT2D eigenvalue weighted by Gasteiger charge is -2.35. The van der Waals surface area contributed by atoms with Crippen molar-refractivity contribution in [3.8, 4) is 33.4 Å². The van der Waals surface area contributed by atoms with E-state index < -0.39 is 13.5 Å². The van der Waals surface area contributed by atoms with Gasteiger partial charge in [-0.25, -0.2) is 0 Å². The van der Waals surface area contributed by atoms with Crippen LogP contribution in [0.4, 0.5) is 17.1 Å². The summed E-state index contributed by atoms with van der Waals surface area (Å²) in [6.45, 7) is 0. The van der Waals surface area contributed by atoms with E-state index in [2.05, 4.69) is 278 Å². The number of fused-ring (bicyclic) bond motifs is 7. The maximum absolute atomic E-state index is 2.91. The molecule has 0 aromatic heterocycles. The quantitative estimate of drug-likeness (QED) is 0.138. The van der Waals surface area contributed by atoms with E-state index in [-0.39, 0.29) is 0 Å². The maximum atomic E-state index is 2.53. The van der Waals surface area contributed by atoms with E-state index in [1.165, 1.54) is 87.2 Å². The normalized spacial score (nSPS) is 15.0. The zero-order valence-corrected chi connectivity index (χ0v) is 37.9. The summed E-state index contributed by atoms with van der Waals surface area (Å²) in [5.74, 6) is 0. The summed E-state index contributed by atoms with van der Waals surface area (Å²) in [7, 11) is -2.91. The molecule has 0 N–H and O–H groups in total. The molecule has 314 valence electrons. The van der Waals surface area contributed by atoms with Gasteiger partial charge in [0.05, 0.1) is 5.41 Å². The van der Waals surface area contributed by atoms with Crippen LogP contribution in [-0.2, 0) is 5.41 Å². The number of nitrogens with zero attached hydrogens (tertiary/aromatic N) is 1. The van der Waals surface area contributed by atoms with Crippen LogP contribution in [0, 0.1) is 0 Å². The van der Waals surface area contributed by atoms with Crippen molar-refractivity contribution in [3.05, 3.63) is 295 Å². The molecule has 1 nitrogen and oxygen atoms in total. The topological polar surface area (TPSA) is 3.24 Å². The van der Waals surface area contributed by atoms with Crippen LogP contribution in [0.2, 0.25) is 0 Å². The molecule has 1 aliphatic carbocycles. The highest BCUT2D eigenvalue weighted by atomic mass is 28.3. The van der Waals surface area contributed by atoms with Crippen LogP contribution >= 0.6 is 0 Å². The second kappa shape index (κ2) is 15.7. The molecule has 1 heterocycles. The van der Waals surface area contributed by atoms with Gasteiger partial charge in [0.1, 0.15) is 0 Å². The van der Waals surface area contributed by atoms with Gasteiger partial charge >= 0.3 is 0 Å². The molecular formula is C65H45NSi. The second-order valence-corrected chi connectivity index (χ2v) is 21.7. The fourth-order valence-corrected chi connectivity index (χ4v) is 17.0. The van der Waals surface area contributed by atoms with E-state index in [4.69, 9.17) is 0 Å². The van der Waals surface area contributed by atoms with E-state index in [0.717, 1.165) is 17.1 Å². The Hall–Kier alpha value is -8.30. The van der Waals surface area contributed by atoms with Gasteiger partial charge in [-0.05, 0) is 124 Å². The molecule has 1 aliphatic heterocycles. The van der Waals surface area contributed by atoms with Crippen LogP contribution in [0.5, 0.6) is 0 Å². The molecule has 0 saturated carbocycles. The minimum atomic E-state index is -2.91. The van der Waals surface area contributed by atoms with E-state index >= 15 is 0 Å². The van der Waals surface area contributed by atoms with Crippen LogP contribution in [0.3, 0.4) is 0 Å². The van der Waals surface area contributed by atoms with Gasteiger partial charge in [0.2, 0.25) is 0 Å². The molecule has 11 aromatic carbocycles. The van der Waals surface area contributed by atoms with Crippen LogP contribution in [0.15, 0.2) is 273 Å². The third-order valence-corrected chi connectivity index (χ3v) is 19.4. The molecule has 13 rings (SSSR count).